The van der Waals surface area contributed by atoms with Crippen LogP contribution in [0.3, 0.4) is 0 Å². The normalized spacial score (nSPS) is 12.4. The molecule has 0 radical (unpaired) electrons. The van der Waals surface area contributed by atoms with Crippen molar-refractivity contribution in [1.29, 1.82) is 0 Å². The smallest absolute Gasteiger partial charge is 0.264 e. The molecule has 0 saturated carbocycles. The molecule has 0 unspecified atom stereocenters. The number of pyridine rings is 1. The van der Waals surface area contributed by atoms with Gasteiger partial charge >= 0.3 is 6.18 Å². The van der Waals surface area contributed by atoms with Crippen LogP contribution in [0.1, 0.15) is 30.9 Å². The molecular formula is C13H10F5N. The van der Waals surface area contributed by atoms with Gasteiger partial charge in [-0.15, -0.1) is 0 Å². The minimum absolute atomic E-state index is 0.0579. The Morgan fingerprint density at radius 3 is 2.26 bits per heavy atom. The molecule has 0 N–H and O–H groups in total. The quantitative estimate of drug-likeness (QED) is 0.690. The second-order valence-electron chi connectivity index (χ2n) is 4.53. The maximum Gasteiger partial charge on any atom is 0.419 e. The van der Waals surface area contributed by atoms with Crippen LogP contribution in [0.25, 0.3) is 10.8 Å². The second kappa shape index (κ2) is 4.43. The number of rotatable bonds is 1. The van der Waals surface area contributed by atoms with Crippen LogP contribution in [0, 0.1) is 11.6 Å². The molecular weight excluding hydrogens is 265 g/mol. The van der Waals surface area contributed by atoms with Crippen molar-refractivity contribution in [2.45, 2.75) is 25.9 Å². The monoisotopic (exact) mass is 275 g/mol. The lowest BCUT2D eigenvalue weighted by atomic mass is 9.94. The first-order chi connectivity index (χ1) is 8.73. The summed E-state index contributed by atoms with van der Waals surface area (Å²) < 4.78 is 65.8. The van der Waals surface area contributed by atoms with E-state index >= 15 is 0 Å². The van der Waals surface area contributed by atoms with Gasteiger partial charge in [-0.25, -0.2) is 8.78 Å². The summed E-state index contributed by atoms with van der Waals surface area (Å²) in [5, 5.41) is -0.381. The van der Waals surface area contributed by atoms with E-state index in [0.717, 1.165) is 12.3 Å². The minimum Gasteiger partial charge on any atom is -0.264 e. The van der Waals surface area contributed by atoms with Crippen molar-refractivity contribution in [3.8, 4) is 0 Å². The molecule has 102 valence electrons. The molecule has 1 nitrogen and oxygen atoms in total. The van der Waals surface area contributed by atoms with Gasteiger partial charge in [-0.3, -0.25) is 4.98 Å². The van der Waals surface area contributed by atoms with Gasteiger partial charge in [0.15, 0.2) is 11.6 Å². The number of aromatic nitrogens is 1. The first-order valence-electron chi connectivity index (χ1n) is 5.56. The summed E-state index contributed by atoms with van der Waals surface area (Å²) in [6.45, 7) is 3.33. The number of fused-ring (bicyclic) bond motifs is 1. The molecule has 0 aliphatic heterocycles. The van der Waals surface area contributed by atoms with E-state index < -0.39 is 23.4 Å². The number of hydrogen-bond acceptors (Lipinski definition) is 1. The third-order valence-corrected chi connectivity index (χ3v) is 2.87. The van der Waals surface area contributed by atoms with Crippen LogP contribution < -0.4 is 0 Å². The lowest BCUT2D eigenvalue weighted by Crippen LogP contribution is -2.12. The van der Waals surface area contributed by atoms with Crippen LogP contribution in [0.15, 0.2) is 18.5 Å². The fraction of sp³-hybridized carbons (Fsp3) is 0.308. The Morgan fingerprint density at radius 2 is 1.74 bits per heavy atom. The summed E-state index contributed by atoms with van der Waals surface area (Å²) >= 11 is 0. The molecule has 0 amide bonds. The van der Waals surface area contributed by atoms with E-state index in [1.54, 1.807) is 13.8 Å². The van der Waals surface area contributed by atoms with Crippen LogP contribution in [0.2, 0.25) is 0 Å². The molecule has 2 rings (SSSR count). The number of benzene rings is 1. The zero-order valence-electron chi connectivity index (χ0n) is 10.1. The second-order valence-corrected chi connectivity index (χ2v) is 4.53. The molecule has 0 atom stereocenters. The predicted octanol–water partition coefficient (Wildman–Crippen LogP) is 4.66. The fourth-order valence-electron chi connectivity index (χ4n) is 2.02. The van der Waals surface area contributed by atoms with E-state index in [2.05, 4.69) is 4.98 Å². The van der Waals surface area contributed by atoms with Crippen LogP contribution in [0.4, 0.5) is 22.0 Å². The molecule has 0 bridgehead atoms. The number of hydrogen-bond donors (Lipinski definition) is 0. The largest absolute Gasteiger partial charge is 0.419 e. The Bertz CT molecular complexity index is 631. The van der Waals surface area contributed by atoms with Gasteiger partial charge in [0.25, 0.3) is 0 Å². The van der Waals surface area contributed by atoms with Gasteiger partial charge < -0.3 is 0 Å². The van der Waals surface area contributed by atoms with Crippen molar-refractivity contribution < 1.29 is 22.0 Å². The molecule has 0 saturated heterocycles. The summed E-state index contributed by atoms with van der Waals surface area (Å²) in [7, 11) is 0. The van der Waals surface area contributed by atoms with E-state index in [4.69, 9.17) is 0 Å². The Hall–Kier alpha value is -1.72. The van der Waals surface area contributed by atoms with E-state index in [1.807, 2.05) is 0 Å². The van der Waals surface area contributed by atoms with E-state index in [0.29, 0.717) is 0 Å². The van der Waals surface area contributed by atoms with Gasteiger partial charge in [0, 0.05) is 23.2 Å². The van der Waals surface area contributed by atoms with Gasteiger partial charge in [-0.2, -0.15) is 13.2 Å². The summed E-state index contributed by atoms with van der Waals surface area (Å²) in [6.07, 6.45) is -2.62. The molecule has 1 heterocycles. The van der Waals surface area contributed by atoms with Gasteiger partial charge in [0.05, 0.1) is 0 Å². The average Bonchev–Trinajstić information content (AvgIpc) is 2.27. The van der Waals surface area contributed by atoms with Crippen LogP contribution in [-0.2, 0) is 6.18 Å². The summed E-state index contributed by atoms with van der Waals surface area (Å²) in [5.74, 6) is -3.68. The Labute approximate surface area is 106 Å². The molecule has 0 aliphatic carbocycles. The summed E-state index contributed by atoms with van der Waals surface area (Å²) in [4.78, 5) is 3.77. The molecule has 0 spiro atoms. The molecule has 6 heteroatoms. The average molecular weight is 275 g/mol. The highest BCUT2D eigenvalue weighted by molar-refractivity contribution is 5.89. The molecule has 0 fully saturated rings. The molecule has 2 aromatic rings. The van der Waals surface area contributed by atoms with Crippen LogP contribution in [0.5, 0.6) is 0 Å². The highest BCUT2D eigenvalue weighted by Crippen LogP contribution is 2.40. The lowest BCUT2D eigenvalue weighted by Gasteiger charge is -2.16. The van der Waals surface area contributed by atoms with Gasteiger partial charge in [-0.05, 0) is 17.5 Å². The topological polar surface area (TPSA) is 12.9 Å². The number of nitrogens with zero attached hydrogens (tertiary/aromatic N) is 1. The zero-order chi connectivity index (χ0) is 14.4. The molecule has 0 aliphatic rings. The molecule has 19 heavy (non-hydrogen) atoms. The Balaban J connectivity index is 3.01. The van der Waals surface area contributed by atoms with Crippen molar-refractivity contribution in [1.82, 2.24) is 4.98 Å². The Morgan fingerprint density at radius 1 is 1.11 bits per heavy atom. The lowest BCUT2D eigenvalue weighted by molar-refractivity contribution is -0.139. The predicted molar refractivity (Wildman–Crippen MR) is 60.8 cm³/mol. The van der Waals surface area contributed by atoms with Gasteiger partial charge in [0.2, 0.25) is 0 Å². The maximum atomic E-state index is 13.6. The van der Waals surface area contributed by atoms with E-state index in [-0.39, 0.29) is 22.3 Å². The molecule has 1 aromatic carbocycles. The van der Waals surface area contributed by atoms with Crippen molar-refractivity contribution in [3.63, 3.8) is 0 Å². The summed E-state index contributed by atoms with van der Waals surface area (Å²) in [5.41, 5.74) is -1.32. The van der Waals surface area contributed by atoms with Crippen molar-refractivity contribution >= 4 is 10.8 Å². The molecule has 1 aromatic heterocycles. The van der Waals surface area contributed by atoms with Crippen molar-refractivity contribution in [3.05, 3.63) is 41.2 Å². The third kappa shape index (κ3) is 2.27. The first kappa shape index (κ1) is 13.7. The number of alkyl halides is 3. The minimum atomic E-state index is -4.96. The highest BCUT2D eigenvalue weighted by atomic mass is 19.4. The fourth-order valence-corrected chi connectivity index (χ4v) is 2.02. The zero-order valence-corrected chi connectivity index (χ0v) is 10.1. The SMILES string of the molecule is CC(C)c1cncc2cc(F)c(F)c(C(F)(F)F)c12. The standard InChI is InChI=1S/C13H10F5N/c1-6(2)8-5-19-4-7-3-9(14)12(15)11(10(7)8)13(16,17)18/h3-6H,1-2H3. The number of halogens is 5. The first-order valence-corrected chi connectivity index (χ1v) is 5.56. The Kier molecular flexibility index (Phi) is 3.20. The van der Waals surface area contributed by atoms with Crippen molar-refractivity contribution in [2.24, 2.45) is 0 Å². The highest BCUT2D eigenvalue weighted by Gasteiger charge is 2.38. The van der Waals surface area contributed by atoms with E-state index in [1.165, 1.54) is 6.20 Å². The van der Waals surface area contributed by atoms with E-state index in [9.17, 15) is 22.0 Å². The van der Waals surface area contributed by atoms with Gasteiger partial charge in [0.1, 0.15) is 5.56 Å². The van der Waals surface area contributed by atoms with Crippen LogP contribution >= 0.6 is 0 Å². The van der Waals surface area contributed by atoms with Gasteiger partial charge in [-0.1, -0.05) is 13.8 Å². The maximum absolute atomic E-state index is 13.6. The summed E-state index contributed by atoms with van der Waals surface area (Å²) in [6, 6.07) is 0.735. The van der Waals surface area contributed by atoms with Crippen LogP contribution in [-0.4, -0.2) is 4.98 Å². The van der Waals surface area contributed by atoms with Crippen molar-refractivity contribution in [2.75, 3.05) is 0 Å². The third-order valence-electron chi connectivity index (χ3n) is 2.87.